The Morgan fingerprint density at radius 3 is 2.25 bits per heavy atom. The van der Waals surface area contributed by atoms with Crippen LogP contribution in [0, 0.1) is 0 Å². The van der Waals surface area contributed by atoms with Gasteiger partial charge >= 0.3 is 11.7 Å². The zero-order valence-electron chi connectivity index (χ0n) is 29.6. The fraction of sp³-hybridized carbons (Fsp3) is 0.556. The highest BCUT2D eigenvalue weighted by Crippen LogP contribution is 2.35. The second-order valence-electron chi connectivity index (χ2n) is 15.1. The smallest absolute Gasteiger partial charge is 0.444 e. The van der Waals surface area contributed by atoms with Crippen molar-refractivity contribution in [3.05, 3.63) is 54.5 Å². The van der Waals surface area contributed by atoms with Crippen LogP contribution < -0.4 is 15.0 Å². The van der Waals surface area contributed by atoms with Crippen molar-refractivity contribution in [1.29, 1.82) is 0 Å². The van der Waals surface area contributed by atoms with Crippen molar-refractivity contribution in [2.45, 2.75) is 75.4 Å². The Morgan fingerprint density at radius 1 is 0.923 bits per heavy atom. The van der Waals surface area contributed by atoms with Gasteiger partial charge in [0, 0.05) is 105 Å². The molecule has 0 unspecified atom stereocenters. The van der Waals surface area contributed by atoms with Crippen LogP contribution in [0.3, 0.4) is 0 Å². The fourth-order valence-corrected chi connectivity index (χ4v) is 7.38. The zero-order chi connectivity index (χ0) is 36.8. The Labute approximate surface area is 306 Å². The van der Waals surface area contributed by atoms with E-state index in [0.29, 0.717) is 48.7 Å². The summed E-state index contributed by atoms with van der Waals surface area (Å²) in [4.78, 5) is 39.1. The van der Waals surface area contributed by atoms with Gasteiger partial charge in [-0.2, -0.15) is 5.10 Å². The Kier molecular flexibility index (Phi) is 10.1. The molecule has 13 nitrogen and oxygen atoms in total. The first kappa shape index (κ1) is 36.3. The molecule has 0 aliphatic carbocycles. The molecule has 0 spiro atoms. The summed E-state index contributed by atoms with van der Waals surface area (Å²) in [5.74, 6) is 0.0984. The van der Waals surface area contributed by atoms with E-state index in [0.717, 1.165) is 63.2 Å². The van der Waals surface area contributed by atoms with E-state index in [9.17, 15) is 23.5 Å². The summed E-state index contributed by atoms with van der Waals surface area (Å²) in [6, 6.07) is 8.38. The maximum atomic E-state index is 13.3. The van der Waals surface area contributed by atoms with Crippen LogP contribution in [0.5, 0.6) is 5.75 Å². The first-order valence-corrected chi connectivity index (χ1v) is 18.2. The molecule has 4 aliphatic heterocycles. The van der Waals surface area contributed by atoms with Gasteiger partial charge in [-0.3, -0.25) is 19.3 Å². The average molecular weight is 743 g/mol. The number of hydrogen-bond donors (Lipinski definition) is 2. The van der Waals surface area contributed by atoms with E-state index in [-0.39, 0.29) is 17.9 Å². The van der Waals surface area contributed by atoms with Gasteiger partial charge < -0.3 is 29.7 Å². The lowest BCUT2D eigenvalue weighted by molar-refractivity contribution is -0.0964. The highest BCUT2D eigenvalue weighted by molar-refractivity contribution is 6.20. The maximum absolute atomic E-state index is 13.3. The number of carbonyl (C=O) groups excluding carboxylic acids is 2. The lowest BCUT2D eigenvalue weighted by Gasteiger charge is -2.54. The molecular weight excluding hydrogens is 698 g/mol. The zero-order valence-corrected chi connectivity index (χ0v) is 30.3. The number of hydrogen-bond acceptors (Lipinski definition) is 10. The van der Waals surface area contributed by atoms with E-state index in [1.165, 1.54) is 30.5 Å². The van der Waals surface area contributed by atoms with E-state index < -0.39 is 23.2 Å². The summed E-state index contributed by atoms with van der Waals surface area (Å²) in [5, 5.41) is 17.8. The van der Waals surface area contributed by atoms with Gasteiger partial charge in [-0.05, 0) is 70.4 Å². The van der Waals surface area contributed by atoms with Gasteiger partial charge in [0.25, 0.3) is 5.91 Å². The number of benzene rings is 1. The van der Waals surface area contributed by atoms with E-state index in [1.807, 2.05) is 36.5 Å². The number of nitrogens with one attached hydrogen (secondary N) is 1. The van der Waals surface area contributed by atoms with Crippen LogP contribution in [0.15, 0.2) is 48.9 Å². The first-order chi connectivity index (χ1) is 24.7. The summed E-state index contributed by atoms with van der Waals surface area (Å²) in [6.45, 7) is 12.2. The standard InChI is InChI=1S/C36H45ClF2N8O5/c1-35(2,3)52-34(50)46-20-28(21-46)45-18-27(19-45)43-11-8-26(9-12-43)47-17-24(16-41-47)31-14-23(15-40-32(31)44-13-10-29(48)22-44)33(49)42-25-4-6-30(7-5-25)51-36(37,38)39/h4-7,14-17,26-29,48H,8-13,18-22H2,1-3H3,(H,42,49)/t29-/m1/s1. The van der Waals surface area contributed by atoms with Crippen molar-refractivity contribution in [2.75, 3.05) is 62.6 Å². The van der Waals surface area contributed by atoms with E-state index in [1.54, 1.807) is 17.2 Å². The predicted octanol–water partition coefficient (Wildman–Crippen LogP) is 4.88. The minimum atomic E-state index is -3.84. The quantitative estimate of drug-likeness (QED) is 0.293. The number of aliphatic hydroxyl groups excluding tert-OH is 1. The van der Waals surface area contributed by atoms with Gasteiger partial charge in [-0.1, -0.05) is 0 Å². The van der Waals surface area contributed by atoms with Crippen LogP contribution in [0.4, 0.5) is 25.1 Å². The number of ether oxygens (including phenoxy) is 2. The number of β-amino-alcohol motifs (C(OH)–C–C–N with tert-alkyl or cyclic N) is 1. The lowest BCUT2D eigenvalue weighted by Crippen LogP contribution is -2.70. The highest BCUT2D eigenvalue weighted by Gasteiger charge is 2.44. The van der Waals surface area contributed by atoms with Crippen LogP contribution in [-0.2, 0) is 4.74 Å². The van der Waals surface area contributed by atoms with Crippen molar-refractivity contribution in [3.8, 4) is 16.9 Å². The minimum Gasteiger partial charge on any atom is -0.444 e. The molecule has 0 radical (unpaired) electrons. The van der Waals surface area contributed by atoms with Crippen LogP contribution in [0.2, 0.25) is 0 Å². The summed E-state index contributed by atoms with van der Waals surface area (Å²) in [5.41, 5.74) is -2.08. The molecule has 4 saturated heterocycles. The number of likely N-dealkylation sites (tertiary alicyclic amines) is 3. The van der Waals surface area contributed by atoms with Crippen molar-refractivity contribution in [1.82, 2.24) is 29.5 Å². The SMILES string of the molecule is CC(C)(C)OC(=O)N1CC(N2CC(N3CCC(n4cc(-c5cc(C(=O)Nc6ccc(OC(F)(F)Cl)cc6)cnc5N5CC[C@@H](O)C5)cn4)CC3)C2)C1. The van der Waals surface area contributed by atoms with Gasteiger partial charge in [-0.15, -0.1) is 8.78 Å². The number of amides is 2. The topological polar surface area (TPSA) is 129 Å². The molecule has 4 aliphatic rings. The predicted molar refractivity (Wildman–Crippen MR) is 191 cm³/mol. The molecule has 3 aromatic rings. The van der Waals surface area contributed by atoms with Gasteiger partial charge in [-0.25, -0.2) is 9.78 Å². The van der Waals surface area contributed by atoms with E-state index in [4.69, 9.17) is 21.4 Å². The number of carbonyl (C=O) groups is 2. The molecule has 7 rings (SSSR count). The third-order valence-corrected chi connectivity index (χ3v) is 10.2. The lowest BCUT2D eigenvalue weighted by atomic mass is 9.96. The highest BCUT2D eigenvalue weighted by atomic mass is 35.5. The third-order valence-electron chi connectivity index (χ3n) is 10.2. The second kappa shape index (κ2) is 14.4. The number of pyridine rings is 1. The van der Waals surface area contributed by atoms with Crippen molar-refractivity contribution >= 4 is 35.1 Å². The number of piperidine rings is 1. The summed E-state index contributed by atoms with van der Waals surface area (Å²) >= 11 is 4.85. The normalized spacial score (nSPS) is 21.2. The summed E-state index contributed by atoms with van der Waals surface area (Å²) in [7, 11) is 0. The minimum absolute atomic E-state index is 0.144. The molecule has 6 heterocycles. The molecule has 1 aromatic carbocycles. The Bertz CT molecular complexity index is 1750. The molecule has 2 N–H and O–H groups in total. The van der Waals surface area contributed by atoms with Crippen LogP contribution in [0.1, 0.15) is 56.4 Å². The molecule has 0 saturated carbocycles. The van der Waals surface area contributed by atoms with E-state index in [2.05, 4.69) is 24.8 Å². The number of rotatable bonds is 9. The maximum Gasteiger partial charge on any atom is 0.487 e. The molecule has 0 bridgehead atoms. The fourth-order valence-electron chi connectivity index (χ4n) is 7.29. The van der Waals surface area contributed by atoms with Crippen LogP contribution >= 0.6 is 11.6 Å². The van der Waals surface area contributed by atoms with Crippen molar-refractivity contribution in [2.24, 2.45) is 0 Å². The number of anilines is 2. The van der Waals surface area contributed by atoms with E-state index >= 15 is 0 Å². The Morgan fingerprint density at radius 2 is 1.62 bits per heavy atom. The van der Waals surface area contributed by atoms with Gasteiger partial charge in [0.1, 0.15) is 17.2 Å². The number of halogens is 3. The molecule has 2 amide bonds. The van der Waals surface area contributed by atoms with Crippen LogP contribution in [-0.4, -0.2) is 128 Å². The molecule has 1 atom stereocenters. The van der Waals surface area contributed by atoms with Crippen molar-refractivity contribution < 1.29 is 33.0 Å². The van der Waals surface area contributed by atoms with Gasteiger partial charge in [0.15, 0.2) is 0 Å². The Balaban J connectivity index is 0.960. The number of aliphatic hydroxyl groups is 1. The molecule has 4 fully saturated rings. The second-order valence-corrected chi connectivity index (χ2v) is 15.6. The molecule has 16 heteroatoms. The number of nitrogens with zero attached hydrogens (tertiary/aromatic N) is 7. The molecular formula is C36H45ClF2N8O5. The Hall–Kier alpha value is -4.05. The van der Waals surface area contributed by atoms with Crippen molar-refractivity contribution in [3.63, 3.8) is 0 Å². The first-order valence-electron chi connectivity index (χ1n) is 17.8. The molecule has 280 valence electrons. The largest absolute Gasteiger partial charge is 0.487 e. The number of alkyl halides is 3. The third kappa shape index (κ3) is 8.43. The van der Waals surface area contributed by atoms with Gasteiger partial charge in [0.2, 0.25) is 0 Å². The van der Waals surface area contributed by atoms with Gasteiger partial charge in [0.05, 0.1) is 23.9 Å². The summed E-state index contributed by atoms with van der Waals surface area (Å²) < 4.78 is 37.8. The average Bonchev–Trinajstić information content (AvgIpc) is 3.70. The number of aromatic nitrogens is 3. The molecule has 2 aromatic heterocycles. The monoisotopic (exact) mass is 742 g/mol. The summed E-state index contributed by atoms with van der Waals surface area (Å²) in [6.07, 6.45) is 7.17. The molecule has 52 heavy (non-hydrogen) atoms. The van der Waals surface area contributed by atoms with Crippen LogP contribution in [0.25, 0.3) is 11.1 Å².